The predicted molar refractivity (Wildman–Crippen MR) is 94.1 cm³/mol. The van der Waals surface area contributed by atoms with Gasteiger partial charge in [0.05, 0.1) is 29.6 Å². The number of hydrogen-bond donors (Lipinski definition) is 0. The lowest BCUT2D eigenvalue weighted by Gasteiger charge is -2.39. The fourth-order valence-corrected chi connectivity index (χ4v) is 3.89. The first-order valence-corrected chi connectivity index (χ1v) is 8.53. The first-order valence-electron chi connectivity index (χ1n) is 8.15. The van der Waals surface area contributed by atoms with Crippen molar-refractivity contribution in [3.63, 3.8) is 0 Å². The lowest BCUT2D eigenvalue weighted by Crippen LogP contribution is -2.50. The maximum atomic E-state index is 14.2. The fraction of sp³-hybridized carbons (Fsp3) is 0.263. The standard InChI is InChI=1S/C19H15ClFN3O/c20-14-3-1-4-15(21)13(14)11-24-18-9-12(10-22)6-7-16(18)23-8-2-5-17(23)19(24)25/h1,3-4,6-7,9,17H,2,5,8,11H2/t17-/m1/s1. The number of hydrogen-bond acceptors (Lipinski definition) is 3. The Labute approximate surface area is 150 Å². The highest BCUT2D eigenvalue weighted by atomic mass is 35.5. The minimum atomic E-state index is -0.438. The molecule has 2 heterocycles. The fourth-order valence-electron chi connectivity index (χ4n) is 3.67. The van der Waals surface area contributed by atoms with Crippen LogP contribution in [-0.2, 0) is 11.3 Å². The molecule has 25 heavy (non-hydrogen) atoms. The maximum Gasteiger partial charge on any atom is 0.250 e. The van der Waals surface area contributed by atoms with Gasteiger partial charge in [0, 0.05) is 17.1 Å². The normalized spacial score (nSPS) is 18.8. The Balaban J connectivity index is 1.83. The van der Waals surface area contributed by atoms with Crippen molar-refractivity contribution in [3.05, 3.63) is 58.4 Å². The Hall–Kier alpha value is -2.58. The second-order valence-electron chi connectivity index (χ2n) is 6.29. The third kappa shape index (κ3) is 2.54. The van der Waals surface area contributed by atoms with Crippen LogP contribution in [-0.4, -0.2) is 18.5 Å². The van der Waals surface area contributed by atoms with Crippen LogP contribution >= 0.6 is 11.6 Å². The van der Waals surface area contributed by atoms with Gasteiger partial charge in [-0.1, -0.05) is 17.7 Å². The summed E-state index contributed by atoms with van der Waals surface area (Å²) < 4.78 is 14.2. The van der Waals surface area contributed by atoms with E-state index in [1.807, 2.05) is 6.07 Å². The molecule has 0 saturated carbocycles. The number of nitriles is 1. The number of nitrogens with zero attached hydrogens (tertiary/aromatic N) is 3. The third-order valence-electron chi connectivity index (χ3n) is 4.89. The molecule has 0 aromatic heterocycles. The van der Waals surface area contributed by atoms with E-state index in [1.165, 1.54) is 6.07 Å². The van der Waals surface area contributed by atoms with E-state index >= 15 is 0 Å². The minimum absolute atomic E-state index is 0.0521. The van der Waals surface area contributed by atoms with E-state index in [9.17, 15) is 14.4 Å². The molecule has 0 bridgehead atoms. The number of amides is 1. The van der Waals surface area contributed by atoms with Crippen LogP contribution in [0.4, 0.5) is 15.8 Å². The second-order valence-corrected chi connectivity index (χ2v) is 6.70. The summed E-state index contributed by atoms with van der Waals surface area (Å²) in [6, 6.07) is 11.7. The highest BCUT2D eigenvalue weighted by Crippen LogP contribution is 2.41. The van der Waals surface area contributed by atoms with Crippen LogP contribution in [0.1, 0.15) is 24.0 Å². The van der Waals surface area contributed by atoms with Crippen molar-refractivity contribution in [2.45, 2.75) is 25.4 Å². The van der Waals surface area contributed by atoms with Gasteiger partial charge in [0.2, 0.25) is 5.91 Å². The summed E-state index contributed by atoms with van der Waals surface area (Å²) in [5.41, 5.74) is 2.31. The van der Waals surface area contributed by atoms with E-state index in [0.29, 0.717) is 16.3 Å². The number of fused-ring (bicyclic) bond motifs is 3. The molecule has 4 nitrogen and oxygen atoms in total. The molecule has 0 spiro atoms. The van der Waals surface area contributed by atoms with Crippen molar-refractivity contribution in [2.24, 2.45) is 0 Å². The van der Waals surface area contributed by atoms with Gasteiger partial charge < -0.3 is 9.80 Å². The van der Waals surface area contributed by atoms with Crippen molar-refractivity contribution in [1.29, 1.82) is 5.26 Å². The summed E-state index contributed by atoms with van der Waals surface area (Å²) in [7, 11) is 0. The Morgan fingerprint density at radius 3 is 2.88 bits per heavy atom. The molecule has 2 aromatic carbocycles. The third-order valence-corrected chi connectivity index (χ3v) is 5.24. The number of benzene rings is 2. The zero-order valence-corrected chi connectivity index (χ0v) is 14.1. The molecular weight excluding hydrogens is 341 g/mol. The van der Waals surface area contributed by atoms with Crippen LogP contribution in [0, 0.1) is 17.1 Å². The van der Waals surface area contributed by atoms with Crippen molar-refractivity contribution in [3.8, 4) is 6.07 Å². The molecule has 0 aliphatic carbocycles. The second kappa shape index (κ2) is 6.05. The summed E-state index contributed by atoms with van der Waals surface area (Å²) in [5, 5.41) is 9.50. The van der Waals surface area contributed by atoms with Crippen molar-refractivity contribution >= 4 is 28.9 Å². The van der Waals surface area contributed by atoms with Gasteiger partial charge >= 0.3 is 0 Å². The van der Waals surface area contributed by atoms with Crippen LogP contribution < -0.4 is 9.80 Å². The topological polar surface area (TPSA) is 47.3 Å². The Morgan fingerprint density at radius 1 is 1.28 bits per heavy atom. The van der Waals surface area contributed by atoms with E-state index in [0.717, 1.165) is 25.1 Å². The highest BCUT2D eigenvalue weighted by molar-refractivity contribution is 6.31. The lowest BCUT2D eigenvalue weighted by atomic mass is 10.0. The number of rotatable bonds is 2. The van der Waals surface area contributed by atoms with Gasteiger partial charge in [-0.05, 0) is 43.2 Å². The average Bonchev–Trinajstić information content (AvgIpc) is 3.10. The van der Waals surface area contributed by atoms with Gasteiger partial charge in [-0.3, -0.25) is 4.79 Å². The van der Waals surface area contributed by atoms with Gasteiger partial charge in [0.1, 0.15) is 11.9 Å². The molecule has 1 fully saturated rings. The number of carbonyl (C=O) groups is 1. The van der Waals surface area contributed by atoms with Gasteiger partial charge in [-0.2, -0.15) is 5.26 Å². The number of carbonyl (C=O) groups excluding carboxylic acids is 1. The van der Waals surface area contributed by atoms with Crippen molar-refractivity contribution in [2.75, 3.05) is 16.3 Å². The molecule has 0 unspecified atom stereocenters. The zero-order valence-electron chi connectivity index (χ0n) is 13.4. The van der Waals surface area contributed by atoms with E-state index in [4.69, 9.17) is 11.6 Å². The van der Waals surface area contributed by atoms with Gasteiger partial charge in [0.15, 0.2) is 0 Å². The van der Waals surface area contributed by atoms with Crippen LogP contribution in [0.3, 0.4) is 0 Å². The molecule has 1 saturated heterocycles. The lowest BCUT2D eigenvalue weighted by molar-refractivity contribution is -0.120. The molecule has 2 aliphatic heterocycles. The summed E-state index contributed by atoms with van der Waals surface area (Å²) in [6.45, 7) is 0.861. The van der Waals surface area contributed by atoms with E-state index in [-0.39, 0.29) is 24.1 Å². The molecule has 126 valence electrons. The molecule has 2 aliphatic rings. The van der Waals surface area contributed by atoms with Gasteiger partial charge in [-0.25, -0.2) is 4.39 Å². The minimum Gasteiger partial charge on any atom is -0.358 e. The Morgan fingerprint density at radius 2 is 2.12 bits per heavy atom. The summed E-state index contributed by atoms with van der Waals surface area (Å²) in [6.07, 6.45) is 1.71. The largest absolute Gasteiger partial charge is 0.358 e. The van der Waals surface area contributed by atoms with E-state index < -0.39 is 5.82 Å². The Kier molecular flexibility index (Phi) is 3.85. The highest BCUT2D eigenvalue weighted by Gasteiger charge is 2.41. The summed E-state index contributed by atoms with van der Waals surface area (Å²) >= 11 is 6.15. The van der Waals surface area contributed by atoms with Crippen LogP contribution in [0.2, 0.25) is 5.02 Å². The molecule has 1 atom stereocenters. The van der Waals surface area contributed by atoms with E-state index in [2.05, 4.69) is 11.0 Å². The maximum absolute atomic E-state index is 14.2. The van der Waals surface area contributed by atoms with Gasteiger partial charge in [0.25, 0.3) is 0 Å². The number of anilines is 2. The smallest absolute Gasteiger partial charge is 0.250 e. The first-order chi connectivity index (χ1) is 12.1. The van der Waals surface area contributed by atoms with Crippen molar-refractivity contribution < 1.29 is 9.18 Å². The first kappa shape index (κ1) is 15.9. The van der Waals surface area contributed by atoms with Crippen LogP contribution in [0.5, 0.6) is 0 Å². The van der Waals surface area contributed by atoms with E-state index in [1.54, 1.807) is 29.2 Å². The average molecular weight is 356 g/mol. The predicted octanol–water partition coefficient (Wildman–Crippen LogP) is 3.87. The van der Waals surface area contributed by atoms with Crippen molar-refractivity contribution in [1.82, 2.24) is 0 Å². The Bertz CT molecular complexity index is 888. The quantitative estimate of drug-likeness (QED) is 0.821. The molecule has 0 N–H and O–H groups in total. The molecular formula is C19H15ClFN3O. The number of halogens is 2. The molecule has 2 aromatic rings. The molecule has 0 radical (unpaired) electrons. The van der Waals surface area contributed by atoms with Gasteiger partial charge in [-0.15, -0.1) is 0 Å². The SMILES string of the molecule is N#Cc1ccc2c(c1)N(Cc1c(F)cccc1Cl)C(=O)[C@H]1CCCN21. The summed E-state index contributed by atoms with van der Waals surface area (Å²) in [4.78, 5) is 16.7. The molecule has 4 rings (SSSR count). The molecule has 1 amide bonds. The van der Waals surface area contributed by atoms with Crippen LogP contribution in [0.15, 0.2) is 36.4 Å². The van der Waals surface area contributed by atoms with Crippen LogP contribution in [0.25, 0.3) is 0 Å². The molecule has 6 heteroatoms. The zero-order chi connectivity index (χ0) is 17.6. The summed E-state index contributed by atoms with van der Waals surface area (Å²) in [5.74, 6) is -0.508. The monoisotopic (exact) mass is 355 g/mol.